The lowest BCUT2D eigenvalue weighted by Crippen LogP contribution is -2.46. The number of carboxylic acids is 1. The molecule has 149 heavy (non-hydrogen) atoms. The van der Waals surface area contributed by atoms with Crippen LogP contribution in [-0.2, 0) is 119 Å². The number of aliphatic hydroxyl groups is 5. The molecule has 6 aromatic rings. The second kappa shape index (κ2) is 59.5. The minimum atomic E-state index is -4.60. The fraction of sp³-hybridized carbons (Fsp3) is 0.520. The Morgan fingerprint density at radius 3 is 1.74 bits per heavy atom. The number of hydrogen-bond acceptors (Lipinski definition) is 33. The molecule has 0 saturated heterocycles. The Kier molecular flexibility index (Phi) is 47.1. The molecule has 0 aliphatic carbocycles. The van der Waals surface area contributed by atoms with Crippen LogP contribution >= 0.6 is 19.0 Å². The molecule has 0 fully saturated rings. The maximum absolute atomic E-state index is 13.7. The number of H-pyrrole nitrogens is 1. The fourth-order valence-corrected chi connectivity index (χ4v) is 19.1. The van der Waals surface area contributed by atoms with E-state index in [2.05, 4.69) is 60.9 Å². The number of hydrogen-bond donors (Lipinski definition) is 13. The Morgan fingerprint density at radius 1 is 0.597 bits per heavy atom. The summed E-state index contributed by atoms with van der Waals surface area (Å²) in [5.74, 6) is -3.52. The highest BCUT2D eigenvalue weighted by Crippen LogP contribution is 2.52. The normalized spacial score (nSPS) is 16.2. The molecule has 0 spiro atoms. The third kappa shape index (κ3) is 39.5. The lowest BCUT2D eigenvalue weighted by atomic mass is 9.82. The van der Waals surface area contributed by atoms with Crippen molar-refractivity contribution in [3.05, 3.63) is 175 Å². The Morgan fingerprint density at radius 2 is 1.15 bits per heavy atom. The van der Waals surface area contributed by atoms with Crippen molar-refractivity contribution < 1.29 is 142 Å². The van der Waals surface area contributed by atoms with Gasteiger partial charge in [-0.15, -0.1) is 9.78 Å². The summed E-state index contributed by atoms with van der Waals surface area (Å²) >= 11 is 5.98. The Labute approximate surface area is 870 Å². The molecule has 2 unspecified atom stereocenters. The second-order valence-electron chi connectivity index (χ2n) is 36.1. The van der Waals surface area contributed by atoms with Gasteiger partial charge in [-0.3, -0.25) is 29.1 Å². The monoisotopic (exact) mass is 2160 g/mol. The molecular weight excluding hydrogens is 2020 g/mol. The zero-order valence-electron chi connectivity index (χ0n) is 84.7. The lowest BCUT2D eigenvalue weighted by Gasteiger charge is -2.44. The van der Waals surface area contributed by atoms with Gasteiger partial charge in [0.2, 0.25) is 25.1 Å². The number of aliphatic imine (C=N–C) groups is 8. The first kappa shape index (κ1) is 118. The fourth-order valence-electron chi connectivity index (χ4n) is 15.9. The minimum Gasteiger partial charge on any atom is -0.497 e. The molecule has 5 aliphatic rings. The number of aliphatic hydroxyl groups excluding tert-OH is 5. The van der Waals surface area contributed by atoms with Gasteiger partial charge < -0.3 is 122 Å². The molecule has 0 radical (unpaired) electrons. The van der Waals surface area contributed by atoms with E-state index in [1.807, 2.05) is 79.2 Å². The molecule has 6 heterocycles. The molecule has 0 bridgehead atoms. The standard InChI is InChI=1S/C100H136ClN16O29PS2/c1-99(2)58-74(65-148(127,128)129)79-55-82-87(57-85(79)115(99)5)146-86-56-84-73(52-75(66-149(130,131)132)100(3,4)116(84)6)54-81(86)91(82)78-23-20-72(53-80(78)97(123)124)94(121)106-61-77-62-117(114-113-77)63-83(110-90(120)13-10-12-88(118)104-26-8-7-9-50-147(125,126)51-11-25-103-59-69-18-21-76(101)22-19-69)95(122)109-68-144-49-48-143-47-46-142-45-44-141-43-42-140-41-40-139-39-38-138-37-36-137-35-34-136-33-32-135-31-30-134-29-28-133-27-24-89(119)105-60-70-14-16-71(17-15-70)64-145-96-92-93(108-67-107-92)111-98(102)112-96/h14-23,52-58,62,67,83,102-103,106H,7-13,24-51,59-61,63-66,68H2,1-6H3,(H9,104,105,109,110,118,119,120,121,122,123,124,125,126,127,128,129,130,131,132)/p+1. The van der Waals surface area contributed by atoms with E-state index in [1.165, 1.54) is 35.4 Å². The van der Waals surface area contributed by atoms with Crippen molar-refractivity contribution in [1.82, 2.24) is 20.9 Å². The number of fused-ring (bicyclic) bond motifs is 5. The van der Waals surface area contributed by atoms with Gasteiger partial charge in [0.05, 0.1) is 193 Å². The Bertz CT molecular complexity index is 6220. The first-order valence-electron chi connectivity index (χ1n) is 49.0. The number of amidine groups is 1. The van der Waals surface area contributed by atoms with Gasteiger partial charge in [-0.1, -0.05) is 72.6 Å². The first-order valence-corrected chi connectivity index (χ1v) is 54.6. The summed E-state index contributed by atoms with van der Waals surface area (Å²) in [4.78, 5) is 61.2. The van der Waals surface area contributed by atoms with Crippen LogP contribution in [0.3, 0.4) is 0 Å². The number of aromatic carboxylic acids is 1. The maximum atomic E-state index is 13.7. The topological polar surface area (TPSA) is 600 Å². The van der Waals surface area contributed by atoms with Gasteiger partial charge in [0.15, 0.2) is 53.1 Å². The van der Waals surface area contributed by atoms with Crippen molar-refractivity contribution in [2.45, 2.75) is 129 Å². The molecule has 5 aromatic carbocycles. The van der Waals surface area contributed by atoms with Gasteiger partial charge >= 0.3 is 5.97 Å². The minimum absolute atomic E-state index is 0.00619. The van der Waals surface area contributed by atoms with E-state index in [0.717, 1.165) is 16.7 Å². The Hall–Kier alpha value is -11.3. The maximum Gasteiger partial charge on any atom is 0.336 e. The largest absolute Gasteiger partial charge is 0.497 e. The summed E-state index contributed by atoms with van der Waals surface area (Å²) < 4.78 is 164. The highest BCUT2D eigenvalue weighted by Gasteiger charge is 2.40. The van der Waals surface area contributed by atoms with Crippen molar-refractivity contribution in [3.8, 4) is 11.5 Å². The summed E-state index contributed by atoms with van der Waals surface area (Å²) in [5.41, 5.74) is 5.28. The van der Waals surface area contributed by atoms with E-state index < -0.39 is 74.0 Å². The number of carbonyl (C=O) groups is 1. The molecular formula is C100H137ClN16O29PS2+. The summed E-state index contributed by atoms with van der Waals surface area (Å²) in [6.45, 7) is 16.8. The SMILES string of the molecule is CN1c2cc3c(cc2C(CS(=O)(=O)O)=CC1(C)C)C(=c1ccc(=C(O)NCc2c[n+](CC(N=C(O)CCCC(O)=NCCCCCP(=O)(O)CCCNCc4ccc(Cl)cc4)C(O)=NCOCCOCCOCCOCCOCCOCCOCCOCCOCCOCCOCCOCCC(O)=NCc4ccc(COC5=NC(=N)N=C6N=CN=C65)cc4)n[nH]2)cc1C(=O)O)c1cc2c(cc1O3)N(C)C(C)(C)C(CS(=O)(=O)O)=C2. The summed E-state index contributed by atoms with van der Waals surface area (Å²) in [6, 6.07) is 24.9. The third-order valence-electron chi connectivity index (χ3n) is 24.2. The van der Waals surface area contributed by atoms with Gasteiger partial charge in [-0.25, -0.2) is 24.8 Å². The number of nitrogens with zero attached hydrogens (tertiary/aromatic N) is 12. The molecule has 0 amide bonds. The van der Waals surface area contributed by atoms with Crippen LogP contribution in [0.5, 0.6) is 11.5 Å². The van der Waals surface area contributed by atoms with E-state index >= 15 is 0 Å². The molecule has 0 saturated carbocycles. The van der Waals surface area contributed by atoms with E-state index in [0.29, 0.717) is 238 Å². The molecule has 5 aliphatic heterocycles. The van der Waals surface area contributed by atoms with Gasteiger partial charge in [-0.05, 0) is 135 Å². The number of aromatic amines is 1. The predicted molar refractivity (Wildman–Crippen MR) is 564 cm³/mol. The number of ether oxygens (including phenoxy) is 14. The van der Waals surface area contributed by atoms with E-state index in [4.69, 9.17) is 83.3 Å². The smallest absolute Gasteiger partial charge is 0.336 e. The Balaban J connectivity index is 0.563. The summed E-state index contributed by atoms with van der Waals surface area (Å²) in [7, 11) is -8.85. The van der Waals surface area contributed by atoms with Crippen LogP contribution in [0.25, 0.3) is 23.1 Å². The predicted octanol–water partition coefficient (Wildman–Crippen LogP) is 9.29. The average Bonchev–Trinajstić information content (AvgIpc) is 1.05. The quantitative estimate of drug-likeness (QED) is 0.00421. The number of carboxylic acid groups (broad SMARTS) is 1. The third-order valence-corrected chi connectivity index (χ3v) is 27.8. The zero-order valence-corrected chi connectivity index (χ0v) is 87.9. The van der Waals surface area contributed by atoms with E-state index in [1.54, 1.807) is 57.3 Å². The van der Waals surface area contributed by atoms with Gasteiger partial charge in [0, 0.05) is 115 Å². The van der Waals surface area contributed by atoms with Gasteiger partial charge in [0.25, 0.3) is 20.2 Å². The molecule has 49 heteroatoms. The summed E-state index contributed by atoms with van der Waals surface area (Å²) in [5, 5.41) is 88.4. The highest BCUT2D eigenvalue weighted by atomic mass is 35.5. The van der Waals surface area contributed by atoms with Crippen molar-refractivity contribution >= 4 is 133 Å². The van der Waals surface area contributed by atoms with Crippen molar-refractivity contribution in [2.75, 3.05) is 220 Å². The number of unbranched alkanes of at least 4 members (excludes halogenated alkanes) is 2. The zero-order chi connectivity index (χ0) is 107. The number of anilines is 2. The molecule has 13 N–H and O–H groups in total. The lowest BCUT2D eigenvalue weighted by molar-refractivity contribution is -0.753. The molecule has 2 atom stereocenters. The van der Waals surface area contributed by atoms with Crippen LogP contribution in [0.4, 0.5) is 11.4 Å². The van der Waals surface area contributed by atoms with Crippen molar-refractivity contribution in [2.24, 2.45) is 39.9 Å². The number of guanidine groups is 1. The van der Waals surface area contributed by atoms with E-state index in [-0.39, 0.29) is 160 Å². The van der Waals surface area contributed by atoms with Gasteiger partial charge in [0.1, 0.15) is 43.5 Å². The molecule has 814 valence electrons. The number of aromatic nitrogens is 3. The van der Waals surface area contributed by atoms with Crippen molar-refractivity contribution in [3.63, 3.8) is 0 Å². The van der Waals surface area contributed by atoms with Crippen LogP contribution in [-0.4, -0.2) is 358 Å². The van der Waals surface area contributed by atoms with Crippen LogP contribution < -0.4 is 40.3 Å². The number of likely N-dealkylation sites (N-methyl/N-ethyl adjacent to an activating group) is 2. The molecule has 45 nitrogen and oxygen atoms in total. The average molecular weight is 2160 g/mol. The molecule has 1 aromatic heterocycles. The number of benzene rings is 5. The molecule has 11 rings (SSSR count). The number of halogens is 1. The number of nitrogens with one attached hydrogen (secondary N) is 4. The van der Waals surface area contributed by atoms with Crippen LogP contribution in [0, 0.1) is 5.41 Å². The van der Waals surface area contributed by atoms with E-state index in [9.17, 15) is 70.8 Å². The van der Waals surface area contributed by atoms with Crippen LogP contribution in [0.2, 0.25) is 5.02 Å². The van der Waals surface area contributed by atoms with Gasteiger partial charge in [-0.2, -0.15) is 26.8 Å². The highest BCUT2D eigenvalue weighted by molar-refractivity contribution is 7.86. The van der Waals surface area contributed by atoms with Crippen LogP contribution in [0.15, 0.2) is 149 Å². The first-order chi connectivity index (χ1) is 71.5. The van der Waals surface area contributed by atoms with Crippen molar-refractivity contribution in [1.29, 1.82) is 5.41 Å². The number of rotatable bonds is 70. The summed E-state index contributed by atoms with van der Waals surface area (Å²) in [6.07, 6.45) is 9.43. The van der Waals surface area contributed by atoms with Crippen LogP contribution in [0.1, 0.15) is 134 Å². The second-order valence-corrected chi connectivity index (χ2v) is 42.1.